The van der Waals surface area contributed by atoms with Gasteiger partial charge in [0.1, 0.15) is 0 Å². The number of benzene rings is 1. The smallest absolute Gasteiger partial charge is 0.177 e. The van der Waals surface area contributed by atoms with Gasteiger partial charge in [0.25, 0.3) is 0 Å². The van der Waals surface area contributed by atoms with Gasteiger partial charge in [-0.1, -0.05) is 12.1 Å². The lowest BCUT2D eigenvalue weighted by atomic mass is 10.3. The van der Waals surface area contributed by atoms with Crippen LogP contribution in [0.3, 0.4) is 0 Å². The molecule has 1 N–H and O–H groups in total. The van der Waals surface area contributed by atoms with Crippen LogP contribution in [-0.4, -0.2) is 24.5 Å². The molecule has 0 saturated heterocycles. The zero-order chi connectivity index (χ0) is 14.0. The lowest BCUT2D eigenvalue weighted by Gasteiger charge is -2.09. The number of anilines is 2. The lowest BCUT2D eigenvalue weighted by Crippen LogP contribution is -2.02. The van der Waals surface area contributed by atoms with E-state index < -0.39 is 9.84 Å². The molecule has 102 valence electrons. The Morgan fingerprint density at radius 2 is 1.95 bits per heavy atom. The first-order valence-electron chi connectivity index (χ1n) is 5.98. The zero-order valence-electron chi connectivity index (χ0n) is 11.2. The molecule has 0 aliphatic heterocycles. The summed E-state index contributed by atoms with van der Waals surface area (Å²) in [5.41, 5.74) is 1.33. The number of para-hydroxylation sites is 1. The van der Waals surface area contributed by atoms with Crippen LogP contribution in [0.4, 0.5) is 11.4 Å². The van der Waals surface area contributed by atoms with Crippen molar-refractivity contribution in [3.63, 3.8) is 0 Å². The van der Waals surface area contributed by atoms with E-state index in [2.05, 4.69) is 10.4 Å². The predicted octanol–water partition coefficient (Wildman–Crippen LogP) is 2.61. The highest BCUT2D eigenvalue weighted by Crippen LogP contribution is 2.24. The number of aromatic nitrogens is 2. The van der Waals surface area contributed by atoms with Crippen molar-refractivity contribution < 1.29 is 8.42 Å². The average molecular weight is 279 g/mol. The summed E-state index contributed by atoms with van der Waals surface area (Å²) in [4.78, 5) is 0.285. The summed E-state index contributed by atoms with van der Waals surface area (Å²) in [5, 5.41) is 7.30. The van der Waals surface area contributed by atoms with Crippen molar-refractivity contribution in [2.45, 2.75) is 24.8 Å². The topological polar surface area (TPSA) is 64.0 Å². The van der Waals surface area contributed by atoms with Gasteiger partial charge in [-0.3, -0.25) is 4.68 Å². The van der Waals surface area contributed by atoms with Crippen molar-refractivity contribution in [2.75, 3.05) is 11.6 Å². The van der Waals surface area contributed by atoms with E-state index in [0.29, 0.717) is 5.69 Å². The molecule has 0 atom stereocenters. The fraction of sp³-hybridized carbons (Fsp3) is 0.308. The van der Waals surface area contributed by atoms with Gasteiger partial charge < -0.3 is 5.32 Å². The van der Waals surface area contributed by atoms with Crippen LogP contribution in [0.25, 0.3) is 0 Å². The van der Waals surface area contributed by atoms with Gasteiger partial charge in [-0.25, -0.2) is 8.42 Å². The van der Waals surface area contributed by atoms with Crippen LogP contribution in [0.5, 0.6) is 0 Å². The van der Waals surface area contributed by atoms with E-state index in [1.165, 1.54) is 6.26 Å². The first-order chi connectivity index (χ1) is 8.88. The van der Waals surface area contributed by atoms with E-state index in [1.807, 2.05) is 24.7 Å². The first kappa shape index (κ1) is 13.6. The molecule has 0 amide bonds. The molecule has 0 aliphatic rings. The second-order valence-electron chi connectivity index (χ2n) is 4.70. The highest BCUT2D eigenvalue weighted by atomic mass is 32.2. The van der Waals surface area contributed by atoms with Crippen LogP contribution in [0, 0.1) is 0 Å². The largest absolute Gasteiger partial charge is 0.352 e. The van der Waals surface area contributed by atoms with Gasteiger partial charge in [0.05, 0.1) is 22.5 Å². The molecule has 1 aromatic heterocycles. The highest BCUT2D eigenvalue weighted by molar-refractivity contribution is 7.90. The van der Waals surface area contributed by atoms with Gasteiger partial charge in [0, 0.05) is 18.5 Å². The summed E-state index contributed by atoms with van der Waals surface area (Å²) < 4.78 is 25.2. The second kappa shape index (κ2) is 5.05. The Bertz CT molecular complexity index is 675. The number of nitrogens with zero attached hydrogens (tertiary/aromatic N) is 2. The molecule has 19 heavy (non-hydrogen) atoms. The van der Waals surface area contributed by atoms with Crippen LogP contribution in [0.2, 0.25) is 0 Å². The summed E-state index contributed by atoms with van der Waals surface area (Å²) in [5.74, 6) is 0. The van der Waals surface area contributed by atoms with Crippen LogP contribution in [0.15, 0.2) is 41.6 Å². The third kappa shape index (κ3) is 3.14. The minimum atomic E-state index is -3.25. The summed E-state index contributed by atoms with van der Waals surface area (Å²) in [7, 11) is -3.25. The molecule has 0 saturated carbocycles. The molecule has 0 bridgehead atoms. The van der Waals surface area contributed by atoms with E-state index in [-0.39, 0.29) is 10.9 Å². The lowest BCUT2D eigenvalue weighted by molar-refractivity contribution is 0.532. The van der Waals surface area contributed by atoms with Gasteiger partial charge in [0.15, 0.2) is 9.84 Å². The van der Waals surface area contributed by atoms with Crippen LogP contribution >= 0.6 is 0 Å². The van der Waals surface area contributed by atoms with Crippen molar-refractivity contribution in [1.82, 2.24) is 9.78 Å². The quantitative estimate of drug-likeness (QED) is 0.934. The molecule has 1 heterocycles. The van der Waals surface area contributed by atoms with Crippen molar-refractivity contribution in [1.29, 1.82) is 0 Å². The number of hydrogen-bond donors (Lipinski definition) is 1. The number of nitrogens with one attached hydrogen (secondary N) is 1. The third-order valence-electron chi connectivity index (χ3n) is 2.70. The molecule has 0 fully saturated rings. The van der Waals surface area contributed by atoms with Crippen LogP contribution in [-0.2, 0) is 9.84 Å². The second-order valence-corrected chi connectivity index (χ2v) is 6.68. The molecule has 6 heteroatoms. The van der Waals surface area contributed by atoms with E-state index in [9.17, 15) is 8.42 Å². The Kier molecular flexibility index (Phi) is 3.61. The molecule has 1 aromatic carbocycles. The molecule has 2 rings (SSSR count). The van der Waals surface area contributed by atoms with Gasteiger partial charge >= 0.3 is 0 Å². The molecular weight excluding hydrogens is 262 g/mol. The summed E-state index contributed by atoms with van der Waals surface area (Å²) >= 11 is 0. The van der Waals surface area contributed by atoms with Gasteiger partial charge in [-0.05, 0) is 26.0 Å². The first-order valence-corrected chi connectivity index (χ1v) is 7.87. The van der Waals surface area contributed by atoms with Crippen molar-refractivity contribution in [2.24, 2.45) is 0 Å². The molecule has 0 radical (unpaired) electrons. The average Bonchev–Trinajstić information content (AvgIpc) is 2.77. The minimum Gasteiger partial charge on any atom is -0.352 e. The Balaban J connectivity index is 2.33. The SMILES string of the molecule is CC(C)n1cc(Nc2ccccc2S(C)(=O)=O)cn1. The molecule has 0 unspecified atom stereocenters. The van der Waals surface area contributed by atoms with Crippen molar-refractivity contribution in [3.05, 3.63) is 36.7 Å². The molecule has 5 nitrogen and oxygen atoms in total. The van der Waals surface area contributed by atoms with Crippen LogP contribution < -0.4 is 5.32 Å². The maximum Gasteiger partial charge on any atom is 0.177 e. The summed E-state index contributed by atoms with van der Waals surface area (Å²) in [6.45, 7) is 4.06. The Morgan fingerprint density at radius 3 is 2.53 bits per heavy atom. The maximum absolute atomic E-state index is 11.7. The standard InChI is InChI=1S/C13H17N3O2S/c1-10(2)16-9-11(8-14-16)15-12-6-4-5-7-13(12)19(3,17)18/h4-10,15H,1-3H3. The summed E-state index contributed by atoms with van der Waals surface area (Å²) in [6.07, 6.45) is 4.73. The fourth-order valence-electron chi connectivity index (χ4n) is 1.73. The number of rotatable bonds is 4. The zero-order valence-corrected chi connectivity index (χ0v) is 12.0. The Hall–Kier alpha value is -1.82. The molecule has 0 spiro atoms. The predicted molar refractivity (Wildman–Crippen MR) is 75.4 cm³/mol. The summed E-state index contributed by atoms with van der Waals surface area (Å²) in [6, 6.07) is 7.09. The van der Waals surface area contributed by atoms with E-state index in [0.717, 1.165) is 5.69 Å². The third-order valence-corrected chi connectivity index (χ3v) is 3.85. The maximum atomic E-state index is 11.7. The van der Waals surface area contributed by atoms with Gasteiger partial charge in [-0.2, -0.15) is 5.10 Å². The van der Waals surface area contributed by atoms with E-state index in [4.69, 9.17) is 0 Å². The minimum absolute atomic E-state index is 0.265. The van der Waals surface area contributed by atoms with Crippen molar-refractivity contribution >= 4 is 21.2 Å². The molecule has 0 aliphatic carbocycles. The molecule has 2 aromatic rings. The fourth-order valence-corrected chi connectivity index (χ4v) is 2.58. The Labute approximate surface area is 113 Å². The normalized spacial score (nSPS) is 11.8. The van der Waals surface area contributed by atoms with Crippen LogP contribution in [0.1, 0.15) is 19.9 Å². The number of sulfone groups is 1. The molecular formula is C13H17N3O2S. The van der Waals surface area contributed by atoms with Gasteiger partial charge in [-0.15, -0.1) is 0 Å². The van der Waals surface area contributed by atoms with Crippen molar-refractivity contribution in [3.8, 4) is 0 Å². The number of hydrogen-bond acceptors (Lipinski definition) is 4. The monoisotopic (exact) mass is 279 g/mol. The van der Waals surface area contributed by atoms with E-state index >= 15 is 0 Å². The Morgan fingerprint density at radius 1 is 1.26 bits per heavy atom. The van der Waals surface area contributed by atoms with Gasteiger partial charge in [0.2, 0.25) is 0 Å². The van der Waals surface area contributed by atoms with E-state index in [1.54, 1.807) is 30.5 Å². The highest BCUT2D eigenvalue weighted by Gasteiger charge is 2.13.